The molecule has 0 aliphatic carbocycles. The van der Waals surface area contributed by atoms with E-state index in [1.807, 2.05) is 20.8 Å². The van der Waals surface area contributed by atoms with Gasteiger partial charge in [-0.15, -0.1) is 0 Å². The van der Waals surface area contributed by atoms with Gasteiger partial charge >= 0.3 is 6.03 Å². The third-order valence-corrected chi connectivity index (χ3v) is 2.09. The molecule has 0 saturated heterocycles. The fourth-order valence-corrected chi connectivity index (χ4v) is 1.18. The molecular formula is C13H27N5O3. The van der Waals surface area contributed by atoms with Crippen LogP contribution in [0.15, 0.2) is 10.2 Å². The van der Waals surface area contributed by atoms with Crippen LogP contribution in [-0.2, 0) is 9.53 Å². The summed E-state index contributed by atoms with van der Waals surface area (Å²) in [5.41, 5.74) is 3.40. The van der Waals surface area contributed by atoms with E-state index < -0.39 is 11.7 Å². The van der Waals surface area contributed by atoms with E-state index in [1.54, 1.807) is 21.0 Å². The Bertz CT molecular complexity index is 374. The molecule has 8 heteroatoms. The van der Waals surface area contributed by atoms with Crippen molar-refractivity contribution in [3.05, 3.63) is 0 Å². The molecule has 122 valence electrons. The van der Waals surface area contributed by atoms with E-state index in [-0.39, 0.29) is 17.9 Å². The van der Waals surface area contributed by atoms with Crippen molar-refractivity contribution in [2.24, 2.45) is 10.2 Å². The van der Waals surface area contributed by atoms with Gasteiger partial charge in [0.2, 0.25) is 5.91 Å². The van der Waals surface area contributed by atoms with Crippen LogP contribution in [0.25, 0.3) is 0 Å². The first-order chi connectivity index (χ1) is 9.56. The zero-order valence-electron chi connectivity index (χ0n) is 13.7. The van der Waals surface area contributed by atoms with Crippen LogP contribution in [-0.4, -0.2) is 36.9 Å². The van der Waals surface area contributed by atoms with Crippen LogP contribution in [0, 0.1) is 0 Å². The van der Waals surface area contributed by atoms with E-state index in [0.29, 0.717) is 13.0 Å². The van der Waals surface area contributed by atoms with Gasteiger partial charge in [-0.1, -0.05) is 0 Å². The Morgan fingerprint density at radius 1 is 1.05 bits per heavy atom. The largest absolute Gasteiger partial charge is 0.385 e. The lowest BCUT2D eigenvalue weighted by Crippen LogP contribution is -2.52. The first-order valence-electron chi connectivity index (χ1n) is 6.86. The summed E-state index contributed by atoms with van der Waals surface area (Å²) in [7, 11) is 1.57. The molecule has 8 nitrogen and oxygen atoms in total. The number of amides is 3. The average Bonchev–Trinajstić information content (AvgIpc) is 2.33. The van der Waals surface area contributed by atoms with Gasteiger partial charge in [-0.3, -0.25) is 10.2 Å². The Labute approximate surface area is 126 Å². The summed E-state index contributed by atoms with van der Waals surface area (Å²) in [6.07, 6.45) is 0.873. The second-order valence-corrected chi connectivity index (χ2v) is 6.15. The summed E-state index contributed by atoms with van der Waals surface area (Å²) in [5.74, 6) is -0.281. The van der Waals surface area contributed by atoms with Crippen molar-refractivity contribution in [2.45, 2.75) is 58.7 Å². The number of urea groups is 1. The second kappa shape index (κ2) is 8.56. The highest BCUT2D eigenvalue weighted by Crippen LogP contribution is 2.12. The first-order valence-corrected chi connectivity index (χ1v) is 6.86. The molecule has 0 aliphatic heterocycles. The molecule has 0 unspecified atom stereocenters. The molecule has 0 aliphatic rings. The molecule has 0 bridgehead atoms. The van der Waals surface area contributed by atoms with E-state index in [2.05, 4.69) is 26.4 Å². The zero-order chi connectivity index (χ0) is 16.5. The molecule has 0 rings (SSSR count). The SMILES string of the molecule is COCCCC(=O)NNC(=O)NC(C)(C)N=NC(C)(C)C. The first kappa shape index (κ1) is 19.3. The molecule has 21 heavy (non-hydrogen) atoms. The second-order valence-electron chi connectivity index (χ2n) is 6.15. The minimum Gasteiger partial charge on any atom is -0.385 e. The molecule has 0 aromatic heterocycles. The molecule has 0 radical (unpaired) electrons. The number of nitrogens with one attached hydrogen (secondary N) is 3. The van der Waals surface area contributed by atoms with Crippen LogP contribution in [0.4, 0.5) is 4.79 Å². The van der Waals surface area contributed by atoms with Crippen molar-refractivity contribution in [1.82, 2.24) is 16.2 Å². The van der Waals surface area contributed by atoms with Crippen LogP contribution >= 0.6 is 0 Å². The number of rotatable bonds is 6. The van der Waals surface area contributed by atoms with Gasteiger partial charge in [0, 0.05) is 20.1 Å². The van der Waals surface area contributed by atoms with Crippen LogP contribution < -0.4 is 16.2 Å². The maximum absolute atomic E-state index is 11.7. The van der Waals surface area contributed by atoms with E-state index in [9.17, 15) is 9.59 Å². The standard InChI is InChI=1S/C13H27N5O3/c1-12(2,3)17-18-13(4,5)14-11(20)16-15-10(19)8-7-9-21-6/h7-9H2,1-6H3,(H,15,19)(H2,14,16,20). The predicted octanol–water partition coefficient (Wildman–Crippen LogP) is 1.73. The fraction of sp³-hybridized carbons (Fsp3) is 0.846. The van der Waals surface area contributed by atoms with Crippen molar-refractivity contribution in [2.75, 3.05) is 13.7 Å². The molecule has 3 N–H and O–H groups in total. The van der Waals surface area contributed by atoms with Gasteiger partial charge in [0.05, 0.1) is 5.54 Å². The van der Waals surface area contributed by atoms with Gasteiger partial charge in [0.1, 0.15) is 5.66 Å². The zero-order valence-corrected chi connectivity index (χ0v) is 13.7. The Balaban J connectivity index is 4.13. The summed E-state index contributed by atoms with van der Waals surface area (Å²) in [6, 6.07) is -0.548. The number of hydrogen-bond donors (Lipinski definition) is 3. The van der Waals surface area contributed by atoms with Gasteiger partial charge in [0.25, 0.3) is 0 Å². The quantitative estimate of drug-likeness (QED) is 0.395. The van der Waals surface area contributed by atoms with Crippen molar-refractivity contribution in [3.8, 4) is 0 Å². The summed E-state index contributed by atoms with van der Waals surface area (Å²) in [6.45, 7) is 9.65. The van der Waals surface area contributed by atoms with E-state index >= 15 is 0 Å². The third-order valence-electron chi connectivity index (χ3n) is 2.09. The highest BCUT2D eigenvalue weighted by molar-refractivity contribution is 5.81. The van der Waals surface area contributed by atoms with Crippen LogP contribution in [0.3, 0.4) is 0 Å². The Kier molecular flexibility index (Phi) is 7.86. The number of hydrogen-bond acceptors (Lipinski definition) is 5. The Morgan fingerprint density at radius 3 is 2.19 bits per heavy atom. The van der Waals surface area contributed by atoms with Crippen LogP contribution in [0.1, 0.15) is 47.5 Å². The summed E-state index contributed by atoms with van der Waals surface area (Å²) >= 11 is 0. The minimum absolute atomic E-state index is 0.279. The van der Waals surface area contributed by atoms with E-state index in [4.69, 9.17) is 4.74 Å². The topological polar surface area (TPSA) is 104 Å². The van der Waals surface area contributed by atoms with Gasteiger partial charge in [-0.25, -0.2) is 10.2 Å². The fourth-order valence-electron chi connectivity index (χ4n) is 1.18. The van der Waals surface area contributed by atoms with Gasteiger partial charge in [0.15, 0.2) is 0 Å². The molecule has 0 aromatic rings. The molecule has 3 amide bonds. The van der Waals surface area contributed by atoms with Gasteiger partial charge < -0.3 is 10.1 Å². The number of nitrogens with zero attached hydrogens (tertiary/aromatic N) is 2. The predicted molar refractivity (Wildman–Crippen MR) is 79.6 cm³/mol. The number of azo groups is 1. The van der Waals surface area contributed by atoms with Gasteiger partial charge in [-0.2, -0.15) is 10.2 Å². The number of hydrazine groups is 1. The number of carbonyl (C=O) groups is 2. The molecule has 0 fully saturated rings. The monoisotopic (exact) mass is 301 g/mol. The Morgan fingerprint density at radius 2 is 1.67 bits per heavy atom. The molecule has 0 aromatic carbocycles. The molecule has 0 saturated carbocycles. The minimum atomic E-state index is -0.863. The molecule has 0 spiro atoms. The lowest BCUT2D eigenvalue weighted by molar-refractivity contribution is -0.122. The maximum Gasteiger partial charge on any atom is 0.335 e. The highest BCUT2D eigenvalue weighted by atomic mass is 16.5. The van der Waals surface area contributed by atoms with Crippen molar-refractivity contribution in [3.63, 3.8) is 0 Å². The maximum atomic E-state index is 11.7. The summed E-state index contributed by atoms with van der Waals surface area (Å²) in [5, 5.41) is 10.8. The summed E-state index contributed by atoms with van der Waals surface area (Å²) < 4.78 is 4.84. The van der Waals surface area contributed by atoms with Crippen molar-refractivity contribution < 1.29 is 14.3 Å². The third kappa shape index (κ3) is 11.8. The highest BCUT2D eigenvalue weighted by Gasteiger charge is 2.21. The average molecular weight is 301 g/mol. The Hall–Kier alpha value is -1.70. The summed E-state index contributed by atoms with van der Waals surface area (Å²) in [4.78, 5) is 23.0. The van der Waals surface area contributed by atoms with Crippen molar-refractivity contribution in [1.29, 1.82) is 0 Å². The van der Waals surface area contributed by atoms with Gasteiger partial charge in [-0.05, 0) is 41.0 Å². The molecule has 0 atom stereocenters. The van der Waals surface area contributed by atoms with Crippen LogP contribution in [0.2, 0.25) is 0 Å². The normalized spacial score (nSPS) is 12.3. The smallest absolute Gasteiger partial charge is 0.335 e. The lowest BCUT2D eigenvalue weighted by atomic mass is 10.1. The number of methoxy groups -OCH3 is 1. The lowest BCUT2D eigenvalue weighted by Gasteiger charge is -2.22. The molecule has 0 heterocycles. The molecular weight excluding hydrogens is 274 g/mol. The van der Waals surface area contributed by atoms with Crippen molar-refractivity contribution >= 4 is 11.9 Å². The van der Waals surface area contributed by atoms with E-state index in [1.165, 1.54) is 0 Å². The number of ether oxygens (including phenoxy) is 1. The van der Waals surface area contributed by atoms with Crippen LogP contribution in [0.5, 0.6) is 0 Å². The van der Waals surface area contributed by atoms with E-state index in [0.717, 1.165) is 0 Å². The number of carbonyl (C=O) groups excluding carboxylic acids is 2.